The van der Waals surface area contributed by atoms with Gasteiger partial charge in [-0.3, -0.25) is 4.79 Å². The van der Waals surface area contributed by atoms with Crippen LogP contribution in [0.1, 0.15) is 25.5 Å². The fraction of sp³-hybridized carbons (Fsp3) is 0.250. The number of carbonyl (C=O) groups excluding carboxylic acids is 1. The van der Waals surface area contributed by atoms with Gasteiger partial charge in [0.05, 0.1) is 17.6 Å². The van der Waals surface area contributed by atoms with Gasteiger partial charge in [-0.1, -0.05) is 54.2 Å². The predicted octanol–water partition coefficient (Wildman–Crippen LogP) is 4.43. The number of aromatic hydroxyl groups is 1. The van der Waals surface area contributed by atoms with E-state index in [9.17, 15) is 9.90 Å². The van der Waals surface area contributed by atoms with E-state index in [1.807, 2.05) is 18.2 Å². The Bertz CT molecular complexity index is 860. The lowest BCUT2D eigenvalue weighted by molar-refractivity contribution is -0.112. The predicted molar refractivity (Wildman–Crippen MR) is 111 cm³/mol. The second-order valence-corrected chi connectivity index (χ2v) is 7.67. The number of phenols is 1. The van der Waals surface area contributed by atoms with Gasteiger partial charge in [0, 0.05) is 15.1 Å². The zero-order valence-electron chi connectivity index (χ0n) is 14.4. The smallest absolute Gasteiger partial charge is 0.256 e. The first kappa shape index (κ1) is 18.6. The van der Waals surface area contributed by atoms with Crippen molar-refractivity contribution < 1.29 is 9.90 Å². The SMILES string of the molecule is CCCc1nc(-c2ccc(O)cc2)cnc1NC(=O)C1=CC[C@@H](I)C=C1. The number of anilines is 1. The maximum Gasteiger partial charge on any atom is 0.256 e. The van der Waals surface area contributed by atoms with Gasteiger partial charge >= 0.3 is 0 Å². The molecule has 1 aliphatic carbocycles. The van der Waals surface area contributed by atoms with Crippen LogP contribution in [0.15, 0.2) is 54.3 Å². The molecule has 5 nitrogen and oxygen atoms in total. The molecule has 0 unspecified atom stereocenters. The molecule has 1 aromatic carbocycles. The Hall–Kier alpha value is -2.22. The average Bonchev–Trinajstić information content (AvgIpc) is 2.64. The quantitative estimate of drug-likeness (QED) is 0.511. The highest BCUT2D eigenvalue weighted by Gasteiger charge is 2.15. The van der Waals surface area contributed by atoms with E-state index in [1.165, 1.54) is 0 Å². The van der Waals surface area contributed by atoms with Crippen molar-refractivity contribution in [2.45, 2.75) is 30.1 Å². The molecule has 3 rings (SSSR count). The van der Waals surface area contributed by atoms with Crippen molar-refractivity contribution in [2.75, 3.05) is 5.32 Å². The second-order valence-electron chi connectivity index (χ2n) is 6.07. The standard InChI is InChI=1S/C20H20IN3O2/c1-2-3-17-19(24-20(26)14-4-8-15(21)9-5-14)22-12-18(23-17)13-6-10-16(25)11-7-13/h4-8,10-12,15,25H,2-3,9H2,1H3,(H,22,24,26)/t15-/m0/s1. The van der Waals surface area contributed by atoms with Crippen LogP contribution in [0.25, 0.3) is 11.3 Å². The van der Waals surface area contributed by atoms with Gasteiger partial charge in [-0.25, -0.2) is 9.97 Å². The number of rotatable bonds is 5. The average molecular weight is 461 g/mol. The molecular weight excluding hydrogens is 441 g/mol. The van der Waals surface area contributed by atoms with Crippen LogP contribution in [0.3, 0.4) is 0 Å². The van der Waals surface area contributed by atoms with Gasteiger partial charge in [-0.2, -0.15) is 0 Å². The monoisotopic (exact) mass is 461 g/mol. The number of amides is 1. The molecule has 0 aliphatic heterocycles. The highest BCUT2D eigenvalue weighted by molar-refractivity contribution is 14.1. The fourth-order valence-corrected chi connectivity index (χ4v) is 3.12. The Morgan fingerprint density at radius 3 is 2.77 bits per heavy atom. The van der Waals surface area contributed by atoms with E-state index in [0.29, 0.717) is 15.3 Å². The minimum absolute atomic E-state index is 0.159. The number of hydrogen-bond donors (Lipinski definition) is 2. The number of aromatic nitrogens is 2. The van der Waals surface area contributed by atoms with Crippen molar-refractivity contribution in [3.8, 4) is 17.0 Å². The Morgan fingerprint density at radius 1 is 1.35 bits per heavy atom. The van der Waals surface area contributed by atoms with E-state index in [4.69, 9.17) is 0 Å². The Kier molecular flexibility index (Phi) is 6.03. The molecule has 134 valence electrons. The highest BCUT2D eigenvalue weighted by Crippen LogP contribution is 2.23. The molecule has 0 fully saturated rings. The van der Waals surface area contributed by atoms with Gasteiger partial charge in [0.25, 0.3) is 5.91 Å². The molecule has 1 amide bonds. The summed E-state index contributed by atoms with van der Waals surface area (Å²) in [4.78, 5) is 21.6. The van der Waals surface area contributed by atoms with Crippen molar-refractivity contribution in [1.82, 2.24) is 9.97 Å². The lowest BCUT2D eigenvalue weighted by atomic mass is 10.1. The Labute approximate surface area is 166 Å². The van der Waals surface area contributed by atoms with Gasteiger partial charge < -0.3 is 10.4 Å². The molecule has 0 bridgehead atoms. The lowest BCUT2D eigenvalue weighted by Crippen LogP contribution is -2.18. The van der Waals surface area contributed by atoms with Crippen molar-refractivity contribution in [3.63, 3.8) is 0 Å². The fourth-order valence-electron chi connectivity index (χ4n) is 2.66. The van der Waals surface area contributed by atoms with Gasteiger partial charge in [0.2, 0.25) is 0 Å². The maximum atomic E-state index is 12.5. The largest absolute Gasteiger partial charge is 0.508 e. The number of alkyl halides is 1. The molecule has 1 aliphatic rings. The summed E-state index contributed by atoms with van der Waals surface area (Å²) in [7, 11) is 0. The number of hydrogen-bond acceptors (Lipinski definition) is 4. The van der Waals surface area contributed by atoms with Crippen LogP contribution in [0, 0.1) is 0 Å². The minimum atomic E-state index is -0.159. The Balaban J connectivity index is 1.84. The van der Waals surface area contributed by atoms with E-state index >= 15 is 0 Å². The van der Waals surface area contributed by atoms with Crippen LogP contribution >= 0.6 is 22.6 Å². The number of halogens is 1. The van der Waals surface area contributed by atoms with Crippen molar-refractivity contribution in [1.29, 1.82) is 0 Å². The van der Waals surface area contributed by atoms with Crippen LogP contribution in [-0.4, -0.2) is 24.9 Å². The lowest BCUT2D eigenvalue weighted by Gasteiger charge is -2.13. The Morgan fingerprint density at radius 2 is 2.12 bits per heavy atom. The number of nitrogens with zero attached hydrogens (tertiary/aromatic N) is 2. The van der Waals surface area contributed by atoms with E-state index < -0.39 is 0 Å². The molecule has 0 radical (unpaired) electrons. The summed E-state index contributed by atoms with van der Waals surface area (Å²) >= 11 is 2.34. The van der Waals surface area contributed by atoms with E-state index in [-0.39, 0.29) is 11.7 Å². The number of allylic oxidation sites excluding steroid dienone is 2. The van der Waals surface area contributed by atoms with Crippen LogP contribution in [-0.2, 0) is 11.2 Å². The third kappa shape index (κ3) is 4.49. The van der Waals surface area contributed by atoms with Crippen molar-refractivity contribution in [3.05, 3.63) is 60.0 Å². The van der Waals surface area contributed by atoms with Crippen LogP contribution in [0.2, 0.25) is 0 Å². The van der Waals surface area contributed by atoms with E-state index in [2.05, 4.69) is 44.8 Å². The number of nitrogens with one attached hydrogen (secondary N) is 1. The summed E-state index contributed by atoms with van der Waals surface area (Å²) in [5, 5.41) is 12.3. The van der Waals surface area contributed by atoms with Gasteiger partial charge in [-0.15, -0.1) is 0 Å². The second kappa shape index (κ2) is 8.44. The summed E-state index contributed by atoms with van der Waals surface area (Å²) in [6.45, 7) is 2.06. The summed E-state index contributed by atoms with van der Waals surface area (Å²) < 4.78 is 0.434. The van der Waals surface area contributed by atoms with Crippen molar-refractivity contribution in [2.24, 2.45) is 0 Å². The third-order valence-electron chi connectivity index (χ3n) is 4.04. The van der Waals surface area contributed by atoms with E-state index in [1.54, 1.807) is 30.5 Å². The van der Waals surface area contributed by atoms with Crippen LogP contribution in [0.4, 0.5) is 5.82 Å². The highest BCUT2D eigenvalue weighted by atomic mass is 127. The summed E-state index contributed by atoms with van der Waals surface area (Å²) in [6, 6.07) is 6.83. The number of carbonyl (C=O) groups is 1. The van der Waals surface area contributed by atoms with Crippen molar-refractivity contribution >= 4 is 34.3 Å². The molecule has 6 heteroatoms. The van der Waals surface area contributed by atoms with Gasteiger partial charge in [0.1, 0.15) is 5.75 Å². The first-order valence-corrected chi connectivity index (χ1v) is 9.80. The topological polar surface area (TPSA) is 75.1 Å². The van der Waals surface area contributed by atoms with Gasteiger partial charge in [0.15, 0.2) is 5.82 Å². The maximum absolute atomic E-state index is 12.5. The van der Waals surface area contributed by atoms with E-state index in [0.717, 1.165) is 36.2 Å². The normalized spacial score (nSPS) is 16.2. The molecule has 26 heavy (non-hydrogen) atoms. The molecule has 2 aromatic rings. The third-order valence-corrected chi connectivity index (χ3v) is 4.96. The molecule has 0 spiro atoms. The summed E-state index contributed by atoms with van der Waals surface area (Å²) in [6.07, 6.45) is 9.95. The molecule has 1 heterocycles. The molecule has 0 saturated carbocycles. The zero-order valence-corrected chi connectivity index (χ0v) is 16.6. The summed E-state index contributed by atoms with van der Waals surface area (Å²) in [5.74, 6) is 0.556. The van der Waals surface area contributed by atoms with Crippen LogP contribution < -0.4 is 5.32 Å². The number of aryl methyl sites for hydroxylation is 1. The number of benzene rings is 1. The first-order chi connectivity index (χ1) is 12.6. The molecule has 0 saturated heterocycles. The zero-order chi connectivity index (χ0) is 18.5. The van der Waals surface area contributed by atoms with Crippen LogP contribution in [0.5, 0.6) is 5.75 Å². The van der Waals surface area contributed by atoms with Gasteiger partial charge in [-0.05, 0) is 37.1 Å². The minimum Gasteiger partial charge on any atom is -0.508 e. The number of phenolic OH excluding ortho intramolecular Hbond substituents is 1. The molecule has 1 atom stereocenters. The molecular formula is C20H20IN3O2. The molecule has 2 N–H and O–H groups in total. The molecule has 1 aromatic heterocycles. The summed E-state index contributed by atoms with van der Waals surface area (Å²) in [5.41, 5.74) is 3.01. The first-order valence-electron chi connectivity index (χ1n) is 8.56.